The maximum Gasteiger partial charge on any atom is 0.251 e. The molecular weight excluding hydrogens is 506 g/mol. The summed E-state index contributed by atoms with van der Waals surface area (Å²) in [5, 5.41) is 3.27. The van der Waals surface area contributed by atoms with Crippen LogP contribution in [0.4, 0.5) is 0 Å². The largest absolute Gasteiger partial charge is 0.493 e. The van der Waals surface area contributed by atoms with E-state index in [1.54, 1.807) is 61.7 Å². The van der Waals surface area contributed by atoms with Crippen LogP contribution in [0, 0.1) is 0 Å². The second-order valence-corrected chi connectivity index (χ2v) is 10.1. The van der Waals surface area contributed by atoms with Crippen LogP contribution in [0.3, 0.4) is 0 Å². The molecule has 36 heavy (non-hydrogen) atoms. The number of likely N-dealkylation sites (N-methyl/N-ethyl adjacent to an activating group) is 1. The minimum Gasteiger partial charge on any atom is -0.493 e. The minimum atomic E-state index is -3.35. The van der Waals surface area contributed by atoms with Crippen molar-refractivity contribution in [1.29, 1.82) is 0 Å². The van der Waals surface area contributed by atoms with E-state index in [-0.39, 0.29) is 19.0 Å². The molecule has 1 heterocycles. The number of halogens is 1. The molecule has 0 aliphatic carbocycles. The molecule has 0 unspecified atom stereocenters. The molecule has 11 heteroatoms. The zero-order valence-electron chi connectivity index (χ0n) is 20.4. The molecule has 9 nitrogen and oxygen atoms in total. The lowest BCUT2D eigenvalue weighted by Crippen LogP contribution is -2.37. The average molecular weight is 534 g/mol. The topological polar surface area (TPSA) is 107 Å². The van der Waals surface area contributed by atoms with Gasteiger partial charge in [0, 0.05) is 53.6 Å². The van der Waals surface area contributed by atoms with Gasteiger partial charge in [-0.3, -0.25) is 4.79 Å². The number of hydrogen-bond donors (Lipinski definition) is 1. The first-order chi connectivity index (χ1) is 17.2. The van der Waals surface area contributed by atoms with E-state index in [9.17, 15) is 13.2 Å². The van der Waals surface area contributed by atoms with Crippen molar-refractivity contribution in [2.45, 2.75) is 6.92 Å². The van der Waals surface area contributed by atoms with E-state index in [2.05, 4.69) is 10.3 Å². The standard InChI is InChI=1S/C25H28ClN3O6S/c1-5-29(36(4,31)32)14-13-27-24(30)17-8-10-21(35-22-11-9-18(26)16-23(22)33-2)20(15-17)19-7-6-12-28-25(19)34-3/h6-12,15-16H,5,13-14H2,1-4H3,(H,27,30). The van der Waals surface area contributed by atoms with Gasteiger partial charge in [0.25, 0.3) is 5.91 Å². The molecular formula is C25H28ClN3O6S. The van der Waals surface area contributed by atoms with Crippen molar-refractivity contribution in [3.05, 3.63) is 65.3 Å². The molecule has 0 spiro atoms. The Hall–Kier alpha value is -3.34. The Morgan fingerprint density at radius 1 is 1.03 bits per heavy atom. The van der Waals surface area contributed by atoms with Gasteiger partial charge in [-0.2, -0.15) is 0 Å². The highest BCUT2D eigenvalue weighted by Crippen LogP contribution is 2.41. The first-order valence-electron chi connectivity index (χ1n) is 11.1. The van der Waals surface area contributed by atoms with Crippen LogP contribution in [0.1, 0.15) is 17.3 Å². The monoisotopic (exact) mass is 533 g/mol. The number of aromatic nitrogens is 1. The third-order valence-corrected chi connectivity index (χ3v) is 6.92. The quantitative estimate of drug-likeness (QED) is 0.393. The predicted molar refractivity (Wildman–Crippen MR) is 139 cm³/mol. The fraction of sp³-hybridized carbons (Fsp3) is 0.280. The normalized spacial score (nSPS) is 11.3. The molecule has 3 rings (SSSR count). The number of methoxy groups -OCH3 is 2. The summed E-state index contributed by atoms with van der Waals surface area (Å²) in [6, 6.07) is 13.5. The molecule has 0 fully saturated rings. The molecule has 0 aliphatic heterocycles. The van der Waals surface area contributed by atoms with E-state index in [0.717, 1.165) is 6.26 Å². The second-order valence-electron chi connectivity index (χ2n) is 7.68. The lowest BCUT2D eigenvalue weighted by molar-refractivity contribution is 0.0951. The number of amides is 1. The number of nitrogens with one attached hydrogen (secondary N) is 1. The summed E-state index contributed by atoms with van der Waals surface area (Å²) in [5.74, 6) is 1.31. The number of carbonyl (C=O) groups is 1. The summed E-state index contributed by atoms with van der Waals surface area (Å²) in [7, 11) is -0.325. The van der Waals surface area contributed by atoms with Crippen LogP contribution < -0.4 is 19.5 Å². The number of rotatable bonds is 11. The molecule has 3 aromatic rings. The van der Waals surface area contributed by atoms with Crippen molar-refractivity contribution in [2.24, 2.45) is 0 Å². The minimum absolute atomic E-state index is 0.158. The van der Waals surface area contributed by atoms with E-state index >= 15 is 0 Å². The summed E-state index contributed by atoms with van der Waals surface area (Å²) in [4.78, 5) is 17.2. The van der Waals surface area contributed by atoms with Crippen molar-refractivity contribution < 1.29 is 27.4 Å². The van der Waals surface area contributed by atoms with Crippen molar-refractivity contribution >= 4 is 27.5 Å². The molecule has 0 bridgehead atoms. The van der Waals surface area contributed by atoms with Gasteiger partial charge in [0.05, 0.1) is 20.5 Å². The molecule has 1 aromatic heterocycles. The third kappa shape index (κ3) is 6.66. The summed E-state index contributed by atoms with van der Waals surface area (Å²) >= 11 is 6.08. The number of sulfonamides is 1. The van der Waals surface area contributed by atoms with Crippen LogP contribution in [-0.4, -0.2) is 63.7 Å². The third-order valence-electron chi connectivity index (χ3n) is 5.31. The van der Waals surface area contributed by atoms with Crippen LogP contribution >= 0.6 is 11.6 Å². The Kier molecular flexibility index (Phi) is 9.14. The number of carbonyl (C=O) groups excluding carboxylic acids is 1. The Morgan fingerprint density at radius 2 is 1.78 bits per heavy atom. The number of pyridine rings is 1. The Balaban J connectivity index is 1.94. The summed E-state index contributed by atoms with van der Waals surface area (Å²) < 4.78 is 41.8. The maximum absolute atomic E-state index is 12.9. The smallest absolute Gasteiger partial charge is 0.251 e. The number of nitrogens with zero attached hydrogens (tertiary/aromatic N) is 2. The predicted octanol–water partition coefficient (Wildman–Crippen LogP) is 4.22. The highest BCUT2D eigenvalue weighted by molar-refractivity contribution is 7.88. The summed E-state index contributed by atoms with van der Waals surface area (Å²) in [6.45, 7) is 2.39. The molecule has 0 aliphatic rings. The fourth-order valence-corrected chi connectivity index (χ4v) is 4.58. The maximum atomic E-state index is 12.9. The van der Waals surface area contributed by atoms with Crippen molar-refractivity contribution in [1.82, 2.24) is 14.6 Å². The van der Waals surface area contributed by atoms with E-state index in [1.165, 1.54) is 18.5 Å². The van der Waals surface area contributed by atoms with E-state index in [4.69, 9.17) is 25.8 Å². The van der Waals surface area contributed by atoms with Crippen LogP contribution in [0.5, 0.6) is 23.1 Å². The highest BCUT2D eigenvalue weighted by Gasteiger charge is 2.19. The number of ether oxygens (including phenoxy) is 3. The van der Waals surface area contributed by atoms with Crippen molar-refractivity contribution in [2.75, 3.05) is 40.1 Å². The molecule has 0 radical (unpaired) electrons. The first-order valence-corrected chi connectivity index (χ1v) is 13.3. The van der Waals surface area contributed by atoms with Gasteiger partial charge < -0.3 is 19.5 Å². The summed E-state index contributed by atoms with van der Waals surface area (Å²) in [5.41, 5.74) is 1.54. The van der Waals surface area contributed by atoms with Crippen LogP contribution in [0.25, 0.3) is 11.1 Å². The fourth-order valence-electron chi connectivity index (χ4n) is 3.53. The summed E-state index contributed by atoms with van der Waals surface area (Å²) in [6.07, 6.45) is 2.74. The van der Waals surface area contributed by atoms with Gasteiger partial charge in [-0.15, -0.1) is 0 Å². The van der Waals surface area contributed by atoms with Gasteiger partial charge in [-0.05, 0) is 42.5 Å². The van der Waals surface area contributed by atoms with Gasteiger partial charge in [0.2, 0.25) is 15.9 Å². The molecule has 192 valence electrons. The SMILES string of the molecule is CCN(CCNC(=O)c1ccc(Oc2ccc(Cl)cc2OC)c(-c2cccnc2OC)c1)S(C)(=O)=O. The van der Waals surface area contributed by atoms with Gasteiger partial charge in [0.1, 0.15) is 5.75 Å². The highest BCUT2D eigenvalue weighted by atomic mass is 35.5. The van der Waals surface area contributed by atoms with Gasteiger partial charge in [0.15, 0.2) is 11.5 Å². The number of hydrogen-bond acceptors (Lipinski definition) is 7. The Bertz CT molecular complexity index is 1330. The number of benzene rings is 2. The molecule has 0 atom stereocenters. The zero-order chi connectivity index (χ0) is 26.3. The zero-order valence-corrected chi connectivity index (χ0v) is 22.0. The molecule has 2 aromatic carbocycles. The lowest BCUT2D eigenvalue weighted by atomic mass is 10.0. The first kappa shape index (κ1) is 27.3. The lowest BCUT2D eigenvalue weighted by Gasteiger charge is -2.18. The second kappa shape index (κ2) is 12.1. The van der Waals surface area contributed by atoms with Crippen LogP contribution in [-0.2, 0) is 10.0 Å². The average Bonchev–Trinajstić information content (AvgIpc) is 2.86. The van der Waals surface area contributed by atoms with Crippen molar-refractivity contribution in [3.63, 3.8) is 0 Å². The van der Waals surface area contributed by atoms with Crippen LogP contribution in [0.2, 0.25) is 5.02 Å². The van der Waals surface area contributed by atoms with E-state index < -0.39 is 10.0 Å². The van der Waals surface area contributed by atoms with Gasteiger partial charge in [-0.25, -0.2) is 17.7 Å². The Labute approximate surface area is 216 Å². The molecule has 1 amide bonds. The van der Waals surface area contributed by atoms with E-state index in [1.807, 2.05) is 0 Å². The van der Waals surface area contributed by atoms with Crippen LogP contribution in [0.15, 0.2) is 54.7 Å². The molecule has 0 saturated carbocycles. The van der Waals surface area contributed by atoms with Crippen molar-refractivity contribution in [3.8, 4) is 34.3 Å². The van der Waals surface area contributed by atoms with Gasteiger partial charge >= 0.3 is 0 Å². The molecule has 0 saturated heterocycles. The Morgan fingerprint density at radius 3 is 2.44 bits per heavy atom. The van der Waals surface area contributed by atoms with E-state index in [0.29, 0.717) is 51.4 Å². The molecule has 1 N–H and O–H groups in total. The van der Waals surface area contributed by atoms with Gasteiger partial charge in [-0.1, -0.05) is 18.5 Å².